The zero-order valence-electron chi connectivity index (χ0n) is 17.4. The van der Waals surface area contributed by atoms with Crippen LogP contribution >= 0.6 is 0 Å². The van der Waals surface area contributed by atoms with Crippen LogP contribution in [0.2, 0.25) is 0 Å². The van der Waals surface area contributed by atoms with Gasteiger partial charge in [0.2, 0.25) is 0 Å². The van der Waals surface area contributed by atoms with E-state index in [1.165, 1.54) is 6.33 Å². The normalized spacial score (nSPS) is 20.0. The van der Waals surface area contributed by atoms with Crippen molar-refractivity contribution < 1.29 is 14.2 Å². The first kappa shape index (κ1) is 19.6. The number of anilines is 2. The third-order valence-corrected chi connectivity index (χ3v) is 5.86. The SMILES string of the molecule is C#Cc1cccc(Nc2ncnc3cc(OC)c(OCCN4C[C@H]5C[C@@H]4CO5)cc23)c1. The molecule has 2 bridgehead atoms. The van der Waals surface area contributed by atoms with Gasteiger partial charge in [-0.1, -0.05) is 12.0 Å². The number of rotatable bonds is 7. The molecule has 2 fully saturated rings. The molecular formula is C24H24N4O3. The molecule has 0 saturated carbocycles. The minimum absolute atomic E-state index is 0.388. The molecule has 2 saturated heterocycles. The molecule has 3 aromatic rings. The number of ether oxygens (including phenoxy) is 3. The first-order chi connectivity index (χ1) is 15.2. The Morgan fingerprint density at radius 3 is 2.97 bits per heavy atom. The second-order valence-electron chi connectivity index (χ2n) is 7.78. The minimum Gasteiger partial charge on any atom is -0.493 e. The van der Waals surface area contributed by atoms with E-state index < -0.39 is 0 Å². The molecule has 2 aromatic carbocycles. The number of nitrogens with one attached hydrogen (secondary N) is 1. The summed E-state index contributed by atoms with van der Waals surface area (Å²) in [6, 6.07) is 12.0. The summed E-state index contributed by atoms with van der Waals surface area (Å²) in [6.45, 7) is 3.26. The maximum absolute atomic E-state index is 6.13. The van der Waals surface area contributed by atoms with Crippen molar-refractivity contribution in [2.24, 2.45) is 0 Å². The predicted octanol–water partition coefficient (Wildman–Crippen LogP) is 3.22. The first-order valence-corrected chi connectivity index (χ1v) is 10.4. The molecular weight excluding hydrogens is 392 g/mol. The van der Waals surface area contributed by atoms with Crippen molar-refractivity contribution in [3.8, 4) is 23.8 Å². The van der Waals surface area contributed by atoms with E-state index in [0.29, 0.717) is 36.1 Å². The molecule has 7 heteroatoms. The Morgan fingerprint density at radius 1 is 1.26 bits per heavy atom. The van der Waals surface area contributed by atoms with Crippen molar-refractivity contribution in [2.75, 3.05) is 38.7 Å². The number of aromatic nitrogens is 2. The van der Waals surface area contributed by atoms with Crippen LogP contribution in [-0.2, 0) is 4.74 Å². The molecule has 0 amide bonds. The Kier molecular flexibility index (Phi) is 5.33. The number of likely N-dealkylation sites (tertiary alicyclic amines) is 1. The van der Waals surface area contributed by atoms with Gasteiger partial charge in [-0.25, -0.2) is 9.97 Å². The fourth-order valence-electron chi connectivity index (χ4n) is 4.29. The predicted molar refractivity (Wildman–Crippen MR) is 119 cm³/mol. The van der Waals surface area contributed by atoms with E-state index in [1.54, 1.807) is 7.11 Å². The van der Waals surface area contributed by atoms with Crippen LogP contribution in [0.4, 0.5) is 11.5 Å². The molecule has 0 radical (unpaired) electrons. The Bertz CT molecular complexity index is 1140. The van der Waals surface area contributed by atoms with E-state index in [9.17, 15) is 0 Å². The van der Waals surface area contributed by atoms with Crippen LogP contribution < -0.4 is 14.8 Å². The number of methoxy groups -OCH3 is 1. The van der Waals surface area contributed by atoms with Gasteiger partial charge in [0.25, 0.3) is 0 Å². The zero-order valence-corrected chi connectivity index (χ0v) is 17.4. The van der Waals surface area contributed by atoms with Crippen molar-refractivity contribution in [2.45, 2.75) is 18.6 Å². The van der Waals surface area contributed by atoms with Crippen molar-refractivity contribution >= 4 is 22.4 Å². The molecule has 0 spiro atoms. The molecule has 3 heterocycles. The van der Waals surface area contributed by atoms with Gasteiger partial charge < -0.3 is 19.5 Å². The van der Waals surface area contributed by atoms with Crippen LogP contribution in [0.3, 0.4) is 0 Å². The fraction of sp³-hybridized carbons (Fsp3) is 0.333. The van der Waals surface area contributed by atoms with Gasteiger partial charge >= 0.3 is 0 Å². The Balaban J connectivity index is 1.37. The average Bonchev–Trinajstić information content (AvgIpc) is 3.42. The second kappa shape index (κ2) is 8.42. The smallest absolute Gasteiger partial charge is 0.162 e. The van der Waals surface area contributed by atoms with Crippen molar-refractivity contribution in [1.82, 2.24) is 14.9 Å². The van der Waals surface area contributed by atoms with Crippen LogP contribution in [0.15, 0.2) is 42.7 Å². The number of hydrogen-bond acceptors (Lipinski definition) is 7. The van der Waals surface area contributed by atoms with Gasteiger partial charge in [0.05, 0.1) is 25.3 Å². The summed E-state index contributed by atoms with van der Waals surface area (Å²) in [5.41, 5.74) is 2.43. The summed E-state index contributed by atoms with van der Waals surface area (Å²) in [5, 5.41) is 4.19. The second-order valence-corrected chi connectivity index (χ2v) is 7.78. The molecule has 7 nitrogen and oxygen atoms in total. The number of terminal acetylenes is 1. The first-order valence-electron chi connectivity index (χ1n) is 10.4. The number of nitrogens with zero attached hydrogens (tertiary/aromatic N) is 3. The van der Waals surface area contributed by atoms with E-state index >= 15 is 0 Å². The Hall–Kier alpha value is -3.34. The zero-order chi connectivity index (χ0) is 21.2. The third kappa shape index (κ3) is 4.00. The number of fused-ring (bicyclic) bond motifs is 3. The van der Waals surface area contributed by atoms with Crippen LogP contribution in [0, 0.1) is 12.3 Å². The topological polar surface area (TPSA) is 68.7 Å². The Morgan fingerprint density at radius 2 is 2.19 bits per heavy atom. The van der Waals surface area contributed by atoms with Crippen LogP contribution in [-0.4, -0.2) is 60.4 Å². The maximum atomic E-state index is 6.13. The molecule has 2 aliphatic heterocycles. The molecule has 2 aliphatic rings. The van der Waals surface area contributed by atoms with Crippen LogP contribution in [0.25, 0.3) is 10.9 Å². The average molecular weight is 416 g/mol. The van der Waals surface area contributed by atoms with Gasteiger partial charge in [-0.2, -0.15) is 0 Å². The highest BCUT2D eigenvalue weighted by atomic mass is 16.5. The summed E-state index contributed by atoms with van der Waals surface area (Å²) in [4.78, 5) is 11.3. The van der Waals surface area contributed by atoms with Gasteiger partial charge in [-0.15, -0.1) is 6.42 Å². The lowest BCUT2D eigenvalue weighted by atomic mass is 10.2. The summed E-state index contributed by atoms with van der Waals surface area (Å²) < 4.78 is 17.4. The molecule has 2 atom stereocenters. The highest BCUT2D eigenvalue weighted by molar-refractivity contribution is 5.93. The number of hydrogen-bond donors (Lipinski definition) is 1. The standard InChI is InChI=1S/C24H24N4O3/c1-3-16-5-4-6-17(9-16)27-24-20-11-23(22(29-2)12-21(20)25-15-26-24)30-8-7-28-13-19-10-18(28)14-31-19/h1,4-6,9,11-12,15,18-19H,7-8,10,13-14H2,2H3,(H,25,26,27)/t18-,19-/m1/s1. The van der Waals surface area contributed by atoms with Gasteiger partial charge in [0, 0.05) is 41.8 Å². The van der Waals surface area contributed by atoms with Gasteiger partial charge in [-0.05, 0) is 30.7 Å². The van der Waals surface area contributed by atoms with Crippen LogP contribution in [0.5, 0.6) is 11.5 Å². The summed E-state index contributed by atoms with van der Waals surface area (Å²) >= 11 is 0. The van der Waals surface area contributed by atoms with E-state index in [4.69, 9.17) is 20.6 Å². The largest absolute Gasteiger partial charge is 0.493 e. The van der Waals surface area contributed by atoms with E-state index in [2.05, 4.69) is 26.1 Å². The maximum Gasteiger partial charge on any atom is 0.162 e. The molecule has 1 N–H and O–H groups in total. The molecule has 0 aliphatic carbocycles. The molecule has 5 rings (SSSR count). The van der Waals surface area contributed by atoms with Gasteiger partial charge in [-0.3, -0.25) is 4.90 Å². The number of morpholine rings is 1. The highest BCUT2D eigenvalue weighted by Gasteiger charge is 2.38. The van der Waals surface area contributed by atoms with E-state index in [0.717, 1.165) is 48.3 Å². The number of benzene rings is 2. The molecule has 1 aromatic heterocycles. The molecule has 0 unspecified atom stereocenters. The van der Waals surface area contributed by atoms with Crippen molar-refractivity contribution in [3.05, 3.63) is 48.3 Å². The molecule has 158 valence electrons. The lowest BCUT2D eigenvalue weighted by Crippen LogP contribution is -2.39. The van der Waals surface area contributed by atoms with Gasteiger partial charge in [0.15, 0.2) is 11.5 Å². The van der Waals surface area contributed by atoms with E-state index in [-0.39, 0.29) is 0 Å². The quantitative estimate of drug-likeness (QED) is 0.593. The Labute approximate surface area is 181 Å². The van der Waals surface area contributed by atoms with Crippen LogP contribution in [0.1, 0.15) is 12.0 Å². The van der Waals surface area contributed by atoms with E-state index in [1.807, 2.05) is 36.4 Å². The van der Waals surface area contributed by atoms with Crippen molar-refractivity contribution in [1.29, 1.82) is 0 Å². The minimum atomic E-state index is 0.388. The molecule has 31 heavy (non-hydrogen) atoms. The lowest BCUT2D eigenvalue weighted by molar-refractivity contribution is 0.0257. The third-order valence-electron chi connectivity index (χ3n) is 5.86. The lowest BCUT2D eigenvalue weighted by Gasteiger charge is -2.26. The van der Waals surface area contributed by atoms with Crippen molar-refractivity contribution in [3.63, 3.8) is 0 Å². The fourth-order valence-corrected chi connectivity index (χ4v) is 4.29. The summed E-state index contributed by atoms with van der Waals surface area (Å²) in [6.07, 6.45) is 8.57. The highest BCUT2D eigenvalue weighted by Crippen LogP contribution is 2.35. The van der Waals surface area contributed by atoms with Gasteiger partial charge in [0.1, 0.15) is 18.8 Å². The monoisotopic (exact) mass is 416 g/mol. The summed E-state index contributed by atoms with van der Waals surface area (Å²) in [7, 11) is 1.64. The summed E-state index contributed by atoms with van der Waals surface area (Å²) in [5.74, 6) is 4.65.